The van der Waals surface area contributed by atoms with E-state index in [0.717, 1.165) is 24.1 Å². The van der Waals surface area contributed by atoms with Crippen molar-refractivity contribution in [3.63, 3.8) is 0 Å². The number of nitrogens with zero attached hydrogens (tertiary/aromatic N) is 2. The van der Waals surface area contributed by atoms with E-state index < -0.39 is 0 Å². The van der Waals surface area contributed by atoms with Crippen LogP contribution in [0.5, 0.6) is 0 Å². The van der Waals surface area contributed by atoms with Gasteiger partial charge in [-0.15, -0.1) is 0 Å². The molecule has 2 atom stereocenters. The standard InChI is InChI=1S/C15H27N3/c1-4-5-9-18-11-13(3)16-15(18)17-14-8-6-7-12(2)10-14/h11-12,14H,4-10H2,1-3H3,(H,16,17). The molecule has 2 rings (SSSR count). The second-order valence-electron chi connectivity index (χ2n) is 5.87. The van der Waals surface area contributed by atoms with Crippen LogP contribution in [0.3, 0.4) is 0 Å². The van der Waals surface area contributed by atoms with E-state index in [1.807, 2.05) is 0 Å². The molecule has 0 aliphatic heterocycles. The van der Waals surface area contributed by atoms with Crippen LogP contribution in [0.15, 0.2) is 6.20 Å². The molecule has 1 N–H and O–H groups in total. The smallest absolute Gasteiger partial charge is 0.203 e. The zero-order valence-electron chi connectivity index (χ0n) is 12.1. The first kappa shape index (κ1) is 13.4. The van der Waals surface area contributed by atoms with E-state index in [1.165, 1.54) is 38.5 Å². The topological polar surface area (TPSA) is 29.9 Å². The lowest BCUT2D eigenvalue weighted by atomic mass is 9.87. The van der Waals surface area contributed by atoms with Crippen molar-refractivity contribution in [3.8, 4) is 0 Å². The molecule has 3 nitrogen and oxygen atoms in total. The lowest BCUT2D eigenvalue weighted by molar-refractivity contribution is 0.357. The second kappa shape index (κ2) is 6.26. The van der Waals surface area contributed by atoms with Gasteiger partial charge in [-0.2, -0.15) is 0 Å². The van der Waals surface area contributed by atoms with Crippen molar-refractivity contribution in [3.05, 3.63) is 11.9 Å². The third-order valence-corrected chi connectivity index (χ3v) is 3.92. The molecule has 1 fully saturated rings. The van der Waals surface area contributed by atoms with E-state index >= 15 is 0 Å². The Morgan fingerprint density at radius 3 is 3.00 bits per heavy atom. The quantitative estimate of drug-likeness (QED) is 0.855. The van der Waals surface area contributed by atoms with E-state index in [1.54, 1.807) is 0 Å². The fourth-order valence-electron chi connectivity index (χ4n) is 2.91. The van der Waals surface area contributed by atoms with E-state index in [-0.39, 0.29) is 0 Å². The van der Waals surface area contributed by atoms with Crippen LogP contribution in [-0.4, -0.2) is 15.6 Å². The first-order valence-corrected chi connectivity index (χ1v) is 7.49. The van der Waals surface area contributed by atoms with Gasteiger partial charge in [0.05, 0.1) is 5.69 Å². The Morgan fingerprint density at radius 2 is 2.28 bits per heavy atom. The molecule has 0 saturated heterocycles. The van der Waals surface area contributed by atoms with Crippen molar-refractivity contribution in [1.82, 2.24) is 9.55 Å². The van der Waals surface area contributed by atoms with Gasteiger partial charge in [-0.25, -0.2) is 4.98 Å². The number of hydrogen-bond donors (Lipinski definition) is 1. The molecule has 18 heavy (non-hydrogen) atoms. The summed E-state index contributed by atoms with van der Waals surface area (Å²) in [6.45, 7) is 7.77. The molecular weight excluding hydrogens is 222 g/mol. The Morgan fingerprint density at radius 1 is 1.44 bits per heavy atom. The fraction of sp³-hybridized carbons (Fsp3) is 0.800. The maximum atomic E-state index is 4.63. The maximum absolute atomic E-state index is 4.63. The molecule has 1 aromatic rings. The molecule has 1 aliphatic carbocycles. The number of anilines is 1. The Labute approximate surface area is 111 Å². The van der Waals surface area contributed by atoms with Gasteiger partial charge in [-0.1, -0.05) is 33.1 Å². The zero-order valence-corrected chi connectivity index (χ0v) is 12.1. The number of aryl methyl sites for hydroxylation is 2. The summed E-state index contributed by atoms with van der Waals surface area (Å²) in [5.41, 5.74) is 1.12. The molecule has 0 radical (unpaired) electrons. The molecule has 2 unspecified atom stereocenters. The highest BCUT2D eigenvalue weighted by Crippen LogP contribution is 2.26. The Kier molecular flexibility index (Phi) is 4.67. The molecule has 3 heteroatoms. The number of rotatable bonds is 5. The van der Waals surface area contributed by atoms with Crippen LogP contribution < -0.4 is 5.32 Å². The van der Waals surface area contributed by atoms with Crippen molar-refractivity contribution in [1.29, 1.82) is 0 Å². The fourth-order valence-corrected chi connectivity index (χ4v) is 2.91. The lowest BCUT2D eigenvalue weighted by Gasteiger charge is -2.28. The molecular formula is C15H27N3. The van der Waals surface area contributed by atoms with Gasteiger partial charge < -0.3 is 9.88 Å². The first-order chi connectivity index (χ1) is 8.69. The molecule has 1 aromatic heterocycles. The minimum atomic E-state index is 0.621. The van der Waals surface area contributed by atoms with Crippen molar-refractivity contribution in [2.24, 2.45) is 5.92 Å². The molecule has 0 bridgehead atoms. The van der Waals surface area contributed by atoms with Gasteiger partial charge in [0.2, 0.25) is 5.95 Å². The molecule has 0 amide bonds. The van der Waals surface area contributed by atoms with Gasteiger partial charge in [-0.05, 0) is 32.1 Å². The molecule has 1 saturated carbocycles. The van der Waals surface area contributed by atoms with Crippen molar-refractivity contribution in [2.45, 2.75) is 71.9 Å². The monoisotopic (exact) mass is 249 g/mol. The largest absolute Gasteiger partial charge is 0.353 e. The van der Waals surface area contributed by atoms with Crippen molar-refractivity contribution in [2.75, 3.05) is 5.32 Å². The van der Waals surface area contributed by atoms with Gasteiger partial charge in [-0.3, -0.25) is 0 Å². The van der Waals surface area contributed by atoms with E-state index in [4.69, 9.17) is 0 Å². The Bertz CT molecular complexity index is 370. The highest BCUT2D eigenvalue weighted by atomic mass is 15.2. The van der Waals surface area contributed by atoms with Crippen LogP contribution in [0, 0.1) is 12.8 Å². The SMILES string of the molecule is CCCCn1cc(C)nc1NC1CCCC(C)C1. The highest BCUT2D eigenvalue weighted by Gasteiger charge is 2.20. The molecule has 1 aliphatic rings. The highest BCUT2D eigenvalue weighted by molar-refractivity contribution is 5.30. The van der Waals surface area contributed by atoms with Crippen LogP contribution in [0.1, 0.15) is 58.1 Å². The summed E-state index contributed by atoms with van der Waals surface area (Å²) in [6, 6.07) is 0.621. The summed E-state index contributed by atoms with van der Waals surface area (Å²) in [4.78, 5) is 4.63. The van der Waals surface area contributed by atoms with Crippen molar-refractivity contribution < 1.29 is 0 Å². The third kappa shape index (κ3) is 3.50. The minimum Gasteiger partial charge on any atom is -0.353 e. The maximum Gasteiger partial charge on any atom is 0.203 e. The summed E-state index contributed by atoms with van der Waals surface area (Å²) in [5.74, 6) is 1.94. The summed E-state index contributed by atoms with van der Waals surface area (Å²) in [7, 11) is 0. The third-order valence-electron chi connectivity index (χ3n) is 3.92. The summed E-state index contributed by atoms with van der Waals surface area (Å²) >= 11 is 0. The number of nitrogens with one attached hydrogen (secondary N) is 1. The Hall–Kier alpha value is -0.990. The normalized spacial score (nSPS) is 24.2. The molecule has 1 heterocycles. The van der Waals surface area contributed by atoms with Gasteiger partial charge in [0.25, 0.3) is 0 Å². The lowest BCUT2D eigenvalue weighted by Crippen LogP contribution is -2.27. The zero-order chi connectivity index (χ0) is 13.0. The predicted octanol–water partition coefficient (Wildman–Crippen LogP) is 3.98. The summed E-state index contributed by atoms with van der Waals surface area (Å²) < 4.78 is 2.29. The van der Waals surface area contributed by atoms with Crippen LogP contribution >= 0.6 is 0 Å². The van der Waals surface area contributed by atoms with E-state index in [0.29, 0.717) is 6.04 Å². The average Bonchev–Trinajstić information content (AvgIpc) is 2.67. The summed E-state index contributed by atoms with van der Waals surface area (Å²) in [6.07, 6.45) is 9.96. The molecule has 0 aromatic carbocycles. The van der Waals surface area contributed by atoms with Gasteiger partial charge in [0.15, 0.2) is 0 Å². The van der Waals surface area contributed by atoms with Crippen LogP contribution in [0.4, 0.5) is 5.95 Å². The molecule has 0 spiro atoms. The van der Waals surface area contributed by atoms with Gasteiger partial charge in [0.1, 0.15) is 0 Å². The van der Waals surface area contributed by atoms with Crippen molar-refractivity contribution >= 4 is 5.95 Å². The van der Waals surface area contributed by atoms with Crippen LogP contribution in [0.2, 0.25) is 0 Å². The number of hydrogen-bond acceptors (Lipinski definition) is 2. The van der Waals surface area contributed by atoms with E-state index in [9.17, 15) is 0 Å². The average molecular weight is 249 g/mol. The van der Waals surface area contributed by atoms with E-state index in [2.05, 4.69) is 41.8 Å². The first-order valence-electron chi connectivity index (χ1n) is 7.49. The van der Waals surface area contributed by atoms with Gasteiger partial charge >= 0.3 is 0 Å². The number of imidazole rings is 1. The summed E-state index contributed by atoms with van der Waals surface area (Å²) in [5, 5.41) is 3.66. The van der Waals surface area contributed by atoms with Crippen LogP contribution in [0.25, 0.3) is 0 Å². The minimum absolute atomic E-state index is 0.621. The number of unbranched alkanes of at least 4 members (excludes halogenated alkanes) is 1. The Balaban J connectivity index is 1.98. The predicted molar refractivity (Wildman–Crippen MR) is 76.9 cm³/mol. The van der Waals surface area contributed by atoms with Crippen LogP contribution in [-0.2, 0) is 6.54 Å². The van der Waals surface area contributed by atoms with Gasteiger partial charge in [0, 0.05) is 18.8 Å². The molecule has 102 valence electrons. The number of aromatic nitrogens is 2. The second-order valence-corrected chi connectivity index (χ2v) is 5.87.